The molecule has 1 aromatic carbocycles. The van der Waals surface area contributed by atoms with Gasteiger partial charge >= 0.3 is 0 Å². The number of hydrogen-bond donors (Lipinski definition) is 1. The average Bonchev–Trinajstić information content (AvgIpc) is 2.46. The molecule has 2 aliphatic heterocycles. The van der Waals surface area contributed by atoms with E-state index in [4.69, 9.17) is 21.1 Å². The predicted molar refractivity (Wildman–Crippen MR) is 76.7 cm³/mol. The highest BCUT2D eigenvalue weighted by atomic mass is 35.5. The second-order valence-electron chi connectivity index (χ2n) is 5.17. The van der Waals surface area contributed by atoms with Crippen molar-refractivity contribution in [2.75, 3.05) is 26.3 Å². The van der Waals surface area contributed by atoms with Crippen molar-refractivity contribution >= 4 is 11.6 Å². The first-order chi connectivity index (χ1) is 9.31. The summed E-state index contributed by atoms with van der Waals surface area (Å²) >= 11 is 6.52. The van der Waals surface area contributed by atoms with Crippen molar-refractivity contribution in [3.63, 3.8) is 0 Å². The molecule has 3 rings (SSSR count). The van der Waals surface area contributed by atoms with Gasteiger partial charge in [-0.3, -0.25) is 0 Å². The van der Waals surface area contributed by atoms with Gasteiger partial charge in [-0.1, -0.05) is 18.5 Å². The summed E-state index contributed by atoms with van der Waals surface area (Å²) in [5.74, 6) is 2.21. The molecule has 0 spiro atoms. The smallest absolute Gasteiger partial charge is 0.164 e. The lowest BCUT2D eigenvalue weighted by atomic mass is 9.86. The highest BCUT2D eigenvalue weighted by Crippen LogP contribution is 2.44. The Hall–Kier alpha value is -0.930. The number of piperidine rings is 1. The summed E-state index contributed by atoms with van der Waals surface area (Å²) in [4.78, 5) is 0. The van der Waals surface area contributed by atoms with Crippen LogP contribution in [-0.4, -0.2) is 26.3 Å². The van der Waals surface area contributed by atoms with Gasteiger partial charge in [-0.15, -0.1) is 0 Å². The molecule has 0 aromatic heterocycles. The Morgan fingerprint density at radius 2 is 2.21 bits per heavy atom. The maximum Gasteiger partial charge on any atom is 0.164 e. The Kier molecular flexibility index (Phi) is 3.85. The van der Waals surface area contributed by atoms with Crippen molar-refractivity contribution in [1.82, 2.24) is 5.32 Å². The van der Waals surface area contributed by atoms with E-state index in [1.54, 1.807) is 0 Å². The summed E-state index contributed by atoms with van der Waals surface area (Å²) in [5, 5.41) is 4.29. The van der Waals surface area contributed by atoms with Crippen LogP contribution in [0.1, 0.15) is 36.8 Å². The summed E-state index contributed by atoms with van der Waals surface area (Å²) in [6.07, 6.45) is 3.33. The number of hydrogen-bond acceptors (Lipinski definition) is 3. The van der Waals surface area contributed by atoms with Gasteiger partial charge in [0, 0.05) is 23.2 Å². The standard InChI is InChI=1S/C15H20ClNO2/c1-2-11-14(10-4-3-5-17-9-10)12(16)8-13-15(11)19-7-6-18-13/h8,10,17H,2-7,9H2,1H3. The molecule has 0 radical (unpaired) electrons. The molecule has 104 valence electrons. The largest absolute Gasteiger partial charge is 0.486 e. The minimum atomic E-state index is 0.493. The van der Waals surface area contributed by atoms with Crippen LogP contribution in [0.5, 0.6) is 11.5 Å². The van der Waals surface area contributed by atoms with Crippen molar-refractivity contribution in [3.05, 3.63) is 22.2 Å². The van der Waals surface area contributed by atoms with Gasteiger partial charge in [-0.25, -0.2) is 0 Å². The van der Waals surface area contributed by atoms with E-state index in [2.05, 4.69) is 12.2 Å². The zero-order valence-electron chi connectivity index (χ0n) is 11.3. The van der Waals surface area contributed by atoms with Gasteiger partial charge < -0.3 is 14.8 Å². The second-order valence-corrected chi connectivity index (χ2v) is 5.58. The summed E-state index contributed by atoms with van der Waals surface area (Å²) < 4.78 is 11.5. The van der Waals surface area contributed by atoms with Gasteiger partial charge in [0.25, 0.3) is 0 Å². The van der Waals surface area contributed by atoms with Crippen molar-refractivity contribution in [3.8, 4) is 11.5 Å². The summed E-state index contributed by atoms with van der Waals surface area (Å²) in [6, 6.07) is 1.93. The maximum atomic E-state index is 6.52. The Morgan fingerprint density at radius 1 is 1.37 bits per heavy atom. The molecule has 1 atom stereocenters. The monoisotopic (exact) mass is 281 g/mol. The average molecular weight is 282 g/mol. The third-order valence-corrected chi connectivity index (χ3v) is 4.30. The van der Waals surface area contributed by atoms with Crippen LogP contribution in [0.15, 0.2) is 6.07 Å². The Bertz CT molecular complexity index is 470. The number of halogens is 1. The van der Waals surface area contributed by atoms with Gasteiger partial charge in [0.1, 0.15) is 13.2 Å². The SMILES string of the molecule is CCc1c2c(cc(Cl)c1C1CCCNC1)OCCO2. The van der Waals surface area contributed by atoms with Crippen LogP contribution >= 0.6 is 11.6 Å². The van der Waals surface area contributed by atoms with E-state index < -0.39 is 0 Å². The summed E-state index contributed by atoms with van der Waals surface area (Å²) in [7, 11) is 0. The first kappa shape index (κ1) is 13.1. The lowest BCUT2D eigenvalue weighted by Gasteiger charge is -2.29. The topological polar surface area (TPSA) is 30.5 Å². The minimum absolute atomic E-state index is 0.493. The first-order valence-electron chi connectivity index (χ1n) is 7.12. The van der Waals surface area contributed by atoms with Crippen molar-refractivity contribution in [1.29, 1.82) is 0 Å². The van der Waals surface area contributed by atoms with Crippen molar-refractivity contribution in [2.24, 2.45) is 0 Å². The number of rotatable bonds is 2. The lowest BCUT2D eigenvalue weighted by molar-refractivity contribution is 0.169. The van der Waals surface area contributed by atoms with Crippen molar-refractivity contribution in [2.45, 2.75) is 32.1 Å². The number of ether oxygens (including phenoxy) is 2. The zero-order chi connectivity index (χ0) is 13.2. The van der Waals surface area contributed by atoms with Gasteiger partial charge in [0.2, 0.25) is 0 Å². The van der Waals surface area contributed by atoms with Crippen LogP contribution in [0.3, 0.4) is 0 Å². The van der Waals surface area contributed by atoms with Gasteiger partial charge in [-0.05, 0) is 37.3 Å². The third-order valence-electron chi connectivity index (χ3n) is 3.98. The van der Waals surface area contributed by atoms with Crippen molar-refractivity contribution < 1.29 is 9.47 Å². The molecule has 1 saturated heterocycles. The fourth-order valence-electron chi connectivity index (χ4n) is 3.13. The van der Waals surface area contributed by atoms with E-state index in [-0.39, 0.29) is 0 Å². The van der Waals surface area contributed by atoms with Crippen LogP contribution in [0.25, 0.3) is 0 Å². The van der Waals surface area contributed by atoms with E-state index in [0.29, 0.717) is 19.1 Å². The molecule has 0 saturated carbocycles. The number of nitrogens with one attached hydrogen (secondary N) is 1. The normalized spacial score (nSPS) is 22.3. The zero-order valence-corrected chi connectivity index (χ0v) is 12.1. The number of benzene rings is 1. The molecular weight excluding hydrogens is 262 g/mol. The van der Waals surface area contributed by atoms with E-state index in [1.165, 1.54) is 24.0 Å². The van der Waals surface area contributed by atoms with Gasteiger partial charge in [0.15, 0.2) is 11.5 Å². The van der Waals surface area contributed by atoms with E-state index >= 15 is 0 Å². The maximum absolute atomic E-state index is 6.52. The molecule has 1 fully saturated rings. The Balaban J connectivity index is 2.06. The quantitative estimate of drug-likeness (QED) is 0.903. The fraction of sp³-hybridized carbons (Fsp3) is 0.600. The van der Waals surface area contributed by atoms with Crippen LogP contribution in [0.4, 0.5) is 0 Å². The molecule has 1 N–H and O–H groups in total. The van der Waals surface area contributed by atoms with Gasteiger partial charge in [0.05, 0.1) is 0 Å². The molecule has 1 aromatic rings. The van der Waals surface area contributed by atoms with E-state index in [1.807, 2.05) is 6.07 Å². The molecule has 0 bridgehead atoms. The highest BCUT2D eigenvalue weighted by molar-refractivity contribution is 6.31. The van der Waals surface area contributed by atoms with Crippen LogP contribution < -0.4 is 14.8 Å². The fourth-order valence-corrected chi connectivity index (χ4v) is 3.49. The Morgan fingerprint density at radius 3 is 2.95 bits per heavy atom. The third kappa shape index (κ3) is 2.41. The van der Waals surface area contributed by atoms with Crippen LogP contribution in [0, 0.1) is 0 Å². The van der Waals surface area contributed by atoms with Gasteiger partial charge in [-0.2, -0.15) is 0 Å². The second kappa shape index (κ2) is 5.59. The summed E-state index contributed by atoms with van der Waals surface area (Å²) in [6.45, 7) is 5.51. The molecule has 4 heteroatoms. The molecule has 2 aliphatic rings. The highest BCUT2D eigenvalue weighted by Gasteiger charge is 2.26. The van der Waals surface area contributed by atoms with Crippen LogP contribution in [-0.2, 0) is 6.42 Å². The lowest BCUT2D eigenvalue weighted by Crippen LogP contribution is -2.29. The molecule has 2 heterocycles. The van der Waals surface area contributed by atoms with E-state index in [0.717, 1.165) is 36.0 Å². The summed E-state index contributed by atoms with van der Waals surface area (Å²) in [5.41, 5.74) is 2.50. The Labute approximate surface area is 119 Å². The molecule has 3 nitrogen and oxygen atoms in total. The van der Waals surface area contributed by atoms with Crippen LogP contribution in [0.2, 0.25) is 5.02 Å². The molecule has 19 heavy (non-hydrogen) atoms. The molecule has 0 aliphatic carbocycles. The predicted octanol–water partition coefficient (Wildman–Crippen LogP) is 3.14. The molecule has 0 amide bonds. The molecular formula is C15H20ClNO2. The first-order valence-corrected chi connectivity index (χ1v) is 7.50. The minimum Gasteiger partial charge on any atom is -0.486 e. The van der Waals surface area contributed by atoms with E-state index in [9.17, 15) is 0 Å². The number of fused-ring (bicyclic) bond motifs is 1. The molecule has 1 unspecified atom stereocenters.